The molecule has 188 valence electrons. The number of allylic oxidation sites excluding steroid dienone is 1. The minimum absolute atomic E-state index is 0.0964. The van der Waals surface area contributed by atoms with Crippen LogP contribution in [0, 0.1) is 56.7 Å². The standard InChI is InChI=1S/C30H50O3/c1-19(2)20-9-14-30(18-32)16-15-28(5)21(25(20)30)7-8-23-26(3)12-11-24(33)27(4,17-31)22(26)10-13-29(23,28)6/h20-25,31-33H,1,7-18H2,2-6H3/t20-,21+,22+,23+,24-,25+,26-,27-,28+,29+,30+/m0/s1. The summed E-state index contributed by atoms with van der Waals surface area (Å²) in [4.78, 5) is 0. The maximum Gasteiger partial charge on any atom is 0.0618 e. The summed E-state index contributed by atoms with van der Waals surface area (Å²) < 4.78 is 0. The average molecular weight is 459 g/mol. The first-order valence-corrected chi connectivity index (χ1v) is 14.0. The number of hydrogen-bond acceptors (Lipinski definition) is 3. The molecule has 33 heavy (non-hydrogen) atoms. The lowest BCUT2D eigenvalue weighted by molar-refractivity contribution is -0.255. The molecular weight excluding hydrogens is 408 g/mol. The van der Waals surface area contributed by atoms with Gasteiger partial charge in [-0.1, -0.05) is 39.8 Å². The largest absolute Gasteiger partial charge is 0.396 e. The van der Waals surface area contributed by atoms with Crippen molar-refractivity contribution >= 4 is 0 Å². The normalized spacial score (nSPS) is 58.1. The van der Waals surface area contributed by atoms with Crippen LogP contribution in [0.3, 0.4) is 0 Å². The molecule has 5 fully saturated rings. The van der Waals surface area contributed by atoms with Gasteiger partial charge >= 0.3 is 0 Å². The molecule has 5 aliphatic rings. The van der Waals surface area contributed by atoms with Gasteiger partial charge in [-0.05, 0) is 122 Å². The maximum absolute atomic E-state index is 10.9. The number of aliphatic hydroxyl groups is 3. The summed E-state index contributed by atoms with van der Waals surface area (Å²) in [5, 5.41) is 32.0. The van der Waals surface area contributed by atoms with Gasteiger partial charge in [-0.25, -0.2) is 0 Å². The highest BCUT2D eigenvalue weighted by atomic mass is 16.3. The van der Waals surface area contributed by atoms with E-state index in [9.17, 15) is 15.3 Å². The Kier molecular flexibility index (Phi) is 5.57. The van der Waals surface area contributed by atoms with Crippen molar-refractivity contribution in [1.29, 1.82) is 0 Å². The molecule has 0 aromatic carbocycles. The quantitative estimate of drug-likeness (QED) is 0.457. The summed E-state index contributed by atoms with van der Waals surface area (Å²) in [6.07, 6.45) is 11.2. The van der Waals surface area contributed by atoms with Gasteiger partial charge < -0.3 is 15.3 Å². The molecule has 11 atom stereocenters. The van der Waals surface area contributed by atoms with Crippen molar-refractivity contribution in [2.75, 3.05) is 13.2 Å². The van der Waals surface area contributed by atoms with Crippen LogP contribution in [0.1, 0.15) is 98.8 Å². The highest BCUT2D eigenvalue weighted by Crippen LogP contribution is 2.77. The number of aliphatic hydroxyl groups excluding tert-OH is 3. The molecule has 5 saturated carbocycles. The monoisotopic (exact) mass is 458 g/mol. The van der Waals surface area contributed by atoms with E-state index in [1.165, 1.54) is 50.5 Å². The topological polar surface area (TPSA) is 60.7 Å². The molecule has 0 aromatic rings. The summed E-state index contributed by atoms with van der Waals surface area (Å²) in [7, 11) is 0. The fourth-order valence-corrected chi connectivity index (χ4v) is 11.6. The van der Waals surface area contributed by atoms with E-state index in [1.807, 2.05) is 0 Å². The molecule has 0 unspecified atom stereocenters. The molecule has 0 amide bonds. The van der Waals surface area contributed by atoms with Crippen molar-refractivity contribution < 1.29 is 15.3 Å². The molecule has 0 spiro atoms. The first-order valence-electron chi connectivity index (χ1n) is 14.0. The molecule has 3 nitrogen and oxygen atoms in total. The molecule has 0 bridgehead atoms. The Bertz CT molecular complexity index is 808. The molecule has 0 aromatic heterocycles. The van der Waals surface area contributed by atoms with Crippen LogP contribution in [0.15, 0.2) is 12.2 Å². The van der Waals surface area contributed by atoms with Crippen molar-refractivity contribution in [3.8, 4) is 0 Å². The van der Waals surface area contributed by atoms with Crippen LogP contribution >= 0.6 is 0 Å². The molecule has 0 saturated heterocycles. The van der Waals surface area contributed by atoms with Gasteiger partial charge in [0.15, 0.2) is 0 Å². The second-order valence-corrected chi connectivity index (χ2v) is 14.4. The lowest BCUT2D eigenvalue weighted by Gasteiger charge is -2.73. The molecular formula is C30H50O3. The van der Waals surface area contributed by atoms with Crippen LogP contribution in [0.25, 0.3) is 0 Å². The van der Waals surface area contributed by atoms with E-state index in [0.29, 0.717) is 36.2 Å². The molecule has 5 rings (SSSR count). The SMILES string of the molecule is C=C(C)[C@@H]1CC[C@]2(CO)CC[C@]3(C)[C@H](CC[C@@H]4[C@@]5(C)CC[C@H](O)[C@@](C)(CO)[C@@H]5CC[C@]43C)[C@@H]12. The van der Waals surface area contributed by atoms with E-state index >= 15 is 0 Å². The fraction of sp³-hybridized carbons (Fsp3) is 0.933. The minimum atomic E-state index is -0.383. The van der Waals surface area contributed by atoms with Crippen LogP contribution in [0.4, 0.5) is 0 Å². The highest BCUT2D eigenvalue weighted by molar-refractivity contribution is 5.21. The Morgan fingerprint density at radius 2 is 1.52 bits per heavy atom. The molecule has 0 aliphatic heterocycles. The van der Waals surface area contributed by atoms with Crippen LogP contribution in [0.5, 0.6) is 0 Å². The molecule has 0 heterocycles. The Hall–Kier alpha value is -0.380. The Morgan fingerprint density at radius 1 is 0.788 bits per heavy atom. The van der Waals surface area contributed by atoms with Gasteiger partial charge in [0, 0.05) is 12.0 Å². The average Bonchev–Trinajstić information content (AvgIpc) is 3.17. The van der Waals surface area contributed by atoms with Crippen molar-refractivity contribution in [3.05, 3.63) is 12.2 Å². The summed E-state index contributed by atoms with van der Waals surface area (Å²) in [6.45, 7) is 17.0. The molecule has 3 heteroatoms. The molecule has 0 radical (unpaired) electrons. The Balaban J connectivity index is 1.55. The van der Waals surface area contributed by atoms with E-state index in [4.69, 9.17) is 0 Å². The van der Waals surface area contributed by atoms with Crippen molar-refractivity contribution in [1.82, 2.24) is 0 Å². The third kappa shape index (κ3) is 2.85. The third-order valence-corrected chi connectivity index (χ3v) is 13.7. The van der Waals surface area contributed by atoms with E-state index in [0.717, 1.165) is 19.3 Å². The smallest absolute Gasteiger partial charge is 0.0618 e. The first-order chi connectivity index (χ1) is 15.4. The van der Waals surface area contributed by atoms with Gasteiger partial charge in [0.05, 0.1) is 12.7 Å². The van der Waals surface area contributed by atoms with Crippen LogP contribution in [0.2, 0.25) is 0 Å². The Morgan fingerprint density at radius 3 is 2.15 bits per heavy atom. The van der Waals surface area contributed by atoms with Crippen molar-refractivity contribution in [2.24, 2.45) is 56.7 Å². The van der Waals surface area contributed by atoms with Crippen molar-refractivity contribution in [2.45, 2.75) is 105 Å². The van der Waals surface area contributed by atoms with Crippen LogP contribution in [-0.2, 0) is 0 Å². The maximum atomic E-state index is 10.9. The summed E-state index contributed by atoms with van der Waals surface area (Å²) in [5.41, 5.74) is 1.83. The van der Waals surface area contributed by atoms with Gasteiger partial charge in [-0.3, -0.25) is 0 Å². The van der Waals surface area contributed by atoms with E-state index in [2.05, 4.69) is 41.2 Å². The lowest BCUT2D eigenvalue weighted by atomic mass is 9.32. The van der Waals surface area contributed by atoms with Gasteiger partial charge in [0.1, 0.15) is 0 Å². The predicted molar refractivity (Wildman–Crippen MR) is 133 cm³/mol. The number of rotatable bonds is 3. The fourth-order valence-electron chi connectivity index (χ4n) is 11.6. The van der Waals surface area contributed by atoms with Gasteiger partial charge in [-0.15, -0.1) is 0 Å². The molecule has 5 aliphatic carbocycles. The third-order valence-electron chi connectivity index (χ3n) is 13.7. The predicted octanol–water partition coefficient (Wildman–Crippen LogP) is 5.97. The number of hydrogen-bond donors (Lipinski definition) is 3. The van der Waals surface area contributed by atoms with Gasteiger partial charge in [-0.2, -0.15) is 0 Å². The summed E-state index contributed by atoms with van der Waals surface area (Å²) in [6, 6.07) is 0. The lowest BCUT2D eigenvalue weighted by Crippen LogP contribution is -2.67. The highest BCUT2D eigenvalue weighted by Gasteiger charge is 2.71. The second-order valence-electron chi connectivity index (χ2n) is 14.4. The summed E-state index contributed by atoms with van der Waals surface area (Å²) >= 11 is 0. The molecule has 3 N–H and O–H groups in total. The zero-order valence-corrected chi connectivity index (χ0v) is 22.0. The van der Waals surface area contributed by atoms with E-state index in [1.54, 1.807) is 0 Å². The Labute approximate surface area is 202 Å². The van der Waals surface area contributed by atoms with Crippen molar-refractivity contribution in [3.63, 3.8) is 0 Å². The summed E-state index contributed by atoms with van der Waals surface area (Å²) in [5.74, 6) is 2.86. The second kappa shape index (κ2) is 7.56. The zero-order chi connectivity index (χ0) is 24.0. The van der Waals surface area contributed by atoms with Gasteiger partial charge in [0.2, 0.25) is 0 Å². The van der Waals surface area contributed by atoms with Gasteiger partial charge in [0.25, 0.3) is 0 Å². The minimum Gasteiger partial charge on any atom is -0.396 e. The zero-order valence-electron chi connectivity index (χ0n) is 22.0. The number of fused-ring (bicyclic) bond motifs is 7. The van der Waals surface area contributed by atoms with Crippen LogP contribution in [-0.4, -0.2) is 34.6 Å². The van der Waals surface area contributed by atoms with E-state index < -0.39 is 0 Å². The first kappa shape index (κ1) is 24.3. The van der Waals surface area contributed by atoms with Crippen LogP contribution < -0.4 is 0 Å². The van der Waals surface area contributed by atoms with E-state index in [-0.39, 0.29) is 39.8 Å².